The number of carbonyl (C=O) groups excluding carboxylic acids is 1. The molecule has 5 nitrogen and oxygen atoms in total. The third-order valence-corrected chi connectivity index (χ3v) is 4.72. The molecule has 2 heterocycles. The van der Waals surface area contributed by atoms with Gasteiger partial charge in [-0.1, -0.05) is 6.07 Å². The summed E-state index contributed by atoms with van der Waals surface area (Å²) in [5.41, 5.74) is 1.59. The summed E-state index contributed by atoms with van der Waals surface area (Å²) < 4.78 is 5.77. The number of carbonyl (C=O) groups is 1. The van der Waals surface area contributed by atoms with Gasteiger partial charge in [0.15, 0.2) is 0 Å². The first-order chi connectivity index (χ1) is 11.1. The fourth-order valence-electron chi connectivity index (χ4n) is 2.66. The van der Waals surface area contributed by atoms with Crippen LogP contribution in [-0.4, -0.2) is 41.5 Å². The minimum atomic E-state index is 0. The number of benzene rings is 1. The van der Waals surface area contributed by atoms with Crippen LogP contribution in [0.5, 0.6) is 5.75 Å². The average Bonchev–Trinajstić information content (AvgIpc) is 2.98. The second-order valence-electron chi connectivity index (χ2n) is 5.73. The van der Waals surface area contributed by atoms with Gasteiger partial charge < -0.3 is 15.0 Å². The molecule has 8 heteroatoms. The maximum absolute atomic E-state index is 12.7. The van der Waals surface area contributed by atoms with Crippen molar-refractivity contribution in [2.24, 2.45) is 0 Å². The summed E-state index contributed by atoms with van der Waals surface area (Å²) in [5.74, 6) is 0.762. The molecular formula is C17H23Cl2N3O2S. The van der Waals surface area contributed by atoms with Gasteiger partial charge in [0.05, 0.1) is 10.7 Å². The van der Waals surface area contributed by atoms with Crippen LogP contribution in [0.2, 0.25) is 0 Å². The van der Waals surface area contributed by atoms with Crippen LogP contribution in [0.25, 0.3) is 0 Å². The van der Waals surface area contributed by atoms with Crippen molar-refractivity contribution in [3.8, 4) is 5.75 Å². The number of rotatable bonds is 4. The van der Waals surface area contributed by atoms with Crippen LogP contribution in [0.1, 0.15) is 28.0 Å². The predicted molar refractivity (Wildman–Crippen MR) is 105 cm³/mol. The van der Waals surface area contributed by atoms with E-state index in [0.717, 1.165) is 30.3 Å². The summed E-state index contributed by atoms with van der Waals surface area (Å²) in [6.07, 6.45) is 0. The van der Waals surface area contributed by atoms with Crippen molar-refractivity contribution >= 4 is 42.1 Å². The maximum Gasteiger partial charge on any atom is 0.254 e. The molecule has 2 aromatic rings. The van der Waals surface area contributed by atoms with E-state index in [-0.39, 0.29) is 36.8 Å². The number of nitrogens with one attached hydrogen (secondary N) is 1. The van der Waals surface area contributed by atoms with Crippen LogP contribution >= 0.6 is 36.2 Å². The van der Waals surface area contributed by atoms with Crippen molar-refractivity contribution in [3.05, 3.63) is 45.9 Å². The highest BCUT2D eigenvalue weighted by Crippen LogP contribution is 2.18. The average molecular weight is 404 g/mol. The van der Waals surface area contributed by atoms with E-state index in [4.69, 9.17) is 4.74 Å². The molecule has 1 atom stereocenters. The highest BCUT2D eigenvalue weighted by Gasteiger charge is 2.24. The number of hydrogen-bond acceptors (Lipinski definition) is 5. The zero-order valence-electron chi connectivity index (χ0n) is 14.2. The Morgan fingerprint density at radius 2 is 2.24 bits per heavy atom. The Bertz CT molecular complexity index is 696. The molecule has 1 fully saturated rings. The molecule has 1 saturated heterocycles. The molecule has 1 aromatic heterocycles. The minimum absolute atomic E-state index is 0. The number of halogens is 2. The van der Waals surface area contributed by atoms with Crippen molar-refractivity contribution in [2.75, 3.05) is 19.6 Å². The lowest BCUT2D eigenvalue weighted by molar-refractivity contribution is 0.0655. The second-order valence-corrected chi connectivity index (χ2v) is 6.79. The van der Waals surface area contributed by atoms with Gasteiger partial charge >= 0.3 is 0 Å². The van der Waals surface area contributed by atoms with Gasteiger partial charge in [-0.2, -0.15) is 0 Å². The third kappa shape index (κ3) is 5.57. The summed E-state index contributed by atoms with van der Waals surface area (Å²) in [6.45, 7) is 6.88. The lowest BCUT2D eigenvalue weighted by Crippen LogP contribution is -2.52. The van der Waals surface area contributed by atoms with Crippen LogP contribution < -0.4 is 10.1 Å². The summed E-state index contributed by atoms with van der Waals surface area (Å²) in [5, 5.41) is 6.32. The Balaban J connectivity index is 0.00000156. The monoisotopic (exact) mass is 403 g/mol. The Labute approximate surface area is 164 Å². The topological polar surface area (TPSA) is 54.5 Å². The number of hydrogen-bond donors (Lipinski definition) is 1. The summed E-state index contributed by atoms with van der Waals surface area (Å²) in [7, 11) is 0. The molecule has 1 aliphatic rings. The molecule has 1 aromatic carbocycles. The highest BCUT2D eigenvalue weighted by atomic mass is 35.5. The number of thiazole rings is 1. The van der Waals surface area contributed by atoms with E-state index in [2.05, 4.69) is 17.2 Å². The molecule has 1 amide bonds. The molecule has 0 radical (unpaired) electrons. The number of ether oxygens (including phenoxy) is 1. The first kappa shape index (κ1) is 21.7. The molecule has 0 saturated carbocycles. The van der Waals surface area contributed by atoms with Gasteiger partial charge in [-0.05, 0) is 32.0 Å². The van der Waals surface area contributed by atoms with E-state index < -0.39 is 0 Å². The second kappa shape index (κ2) is 9.97. The Hall–Kier alpha value is -1.34. The van der Waals surface area contributed by atoms with Crippen LogP contribution in [0.15, 0.2) is 29.6 Å². The first-order valence-corrected chi connectivity index (χ1v) is 8.67. The smallest absolute Gasteiger partial charge is 0.254 e. The van der Waals surface area contributed by atoms with Crippen LogP contribution in [-0.2, 0) is 6.61 Å². The molecular weight excluding hydrogens is 381 g/mol. The normalized spacial score (nSPS) is 16.6. The molecule has 3 rings (SSSR count). The number of amides is 1. The number of aromatic nitrogens is 1. The van der Waals surface area contributed by atoms with Crippen LogP contribution in [0, 0.1) is 6.92 Å². The summed E-state index contributed by atoms with van der Waals surface area (Å²) in [4.78, 5) is 19.0. The molecule has 1 aliphatic heterocycles. The summed E-state index contributed by atoms with van der Waals surface area (Å²) >= 11 is 1.61. The van der Waals surface area contributed by atoms with Gasteiger partial charge in [-0.25, -0.2) is 4.98 Å². The molecule has 0 bridgehead atoms. The zero-order chi connectivity index (χ0) is 16.2. The SMILES string of the molecule is Cc1nc(COc2cccc(C(=O)N3CCNCC3C)c2)cs1.Cl.Cl. The van der Waals surface area contributed by atoms with Gasteiger partial charge in [0, 0.05) is 36.6 Å². The highest BCUT2D eigenvalue weighted by molar-refractivity contribution is 7.09. The van der Waals surface area contributed by atoms with Crippen molar-refractivity contribution in [1.82, 2.24) is 15.2 Å². The van der Waals surface area contributed by atoms with E-state index >= 15 is 0 Å². The van der Waals surface area contributed by atoms with Crippen LogP contribution in [0.4, 0.5) is 0 Å². The van der Waals surface area contributed by atoms with Crippen LogP contribution in [0.3, 0.4) is 0 Å². The van der Waals surface area contributed by atoms with Gasteiger partial charge in [0.2, 0.25) is 0 Å². The molecule has 1 unspecified atom stereocenters. The summed E-state index contributed by atoms with van der Waals surface area (Å²) in [6, 6.07) is 7.60. The lowest BCUT2D eigenvalue weighted by atomic mass is 10.1. The third-order valence-electron chi connectivity index (χ3n) is 3.90. The Morgan fingerprint density at radius 1 is 1.44 bits per heavy atom. The predicted octanol–water partition coefficient (Wildman–Crippen LogP) is 3.31. The number of piperazine rings is 1. The maximum atomic E-state index is 12.7. The van der Waals surface area contributed by atoms with Gasteiger partial charge in [0.1, 0.15) is 12.4 Å². The van der Waals surface area contributed by atoms with E-state index in [1.165, 1.54) is 0 Å². The Morgan fingerprint density at radius 3 is 2.92 bits per heavy atom. The van der Waals surface area contributed by atoms with Gasteiger partial charge in [-0.3, -0.25) is 4.79 Å². The fraction of sp³-hybridized carbons (Fsp3) is 0.412. The molecule has 0 aliphatic carbocycles. The molecule has 0 spiro atoms. The first-order valence-electron chi connectivity index (χ1n) is 7.79. The molecule has 25 heavy (non-hydrogen) atoms. The standard InChI is InChI=1S/C17H21N3O2S.2ClH/c1-12-9-18-6-7-20(12)17(21)14-4-3-5-16(8-14)22-10-15-11-23-13(2)19-15;;/h3-5,8,11-12,18H,6-7,9-10H2,1-2H3;2*1H. The largest absolute Gasteiger partial charge is 0.487 e. The van der Waals surface area contributed by atoms with E-state index in [1.807, 2.05) is 41.5 Å². The minimum Gasteiger partial charge on any atom is -0.487 e. The van der Waals surface area contributed by atoms with E-state index in [1.54, 1.807) is 11.3 Å². The quantitative estimate of drug-likeness (QED) is 0.850. The number of nitrogens with zero attached hydrogens (tertiary/aromatic N) is 2. The fourth-order valence-corrected chi connectivity index (χ4v) is 3.26. The lowest BCUT2D eigenvalue weighted by Gasteiger charge is -2.34. The molecule has 1 N–H and O–H groups in total. The van der Waals surface area contributed by atoms with Crippen molar-refractivity contribution < 1.29 is 9.53 Å². The zero-order valence-corrected chi connectivity index (χ0v) is 16.7. The number of aryl methyl sites for hydroxylation is 1. The molecule has 138 valence electrons. The van der Waals surface area contributed by atoms with Crippen molar-refractivity contribution in [3.63, 3.8) is 0 Å². The van der Waals surface area contributed by atoms with Crippen molar-refractivity contribution in [1.29, 1.82) is 0 Å². The van der Waals surface area contributed by atoms with E-state index in [0.29, 0.717) is 17.9 Å². The Kier molecular flexibility index (Phi) is 8.65. The van der Waals surface area contributed by atoms with Gasteiger partial charge in [0.25, 0.3) is 5.91 Å². The van der Waals surface area contributed by atoms with Gasteiger partial charge in [-0.15, -0.1) is 36.2 Å². The van der Waals surface area contributed by atoms with Crippen molar-refractivity contribution in [2.45, 2.75) is 26.5 Å². The van der Waals surface area contributed by atoms with E-state index in [9.17, 15) is 4.79 Å².